The summed E-state index contributed by atoms with van der Waals surface area (Å²) in [6, 6.07) is 8.47. The quantitative estimate of drug-likeness (QED) is 0.635. The normalized spacial score (nSPS) is 21.3. The van der Waals surface area contributed by atoms with Crippen LogP contribution < -0.4 is 5.32 Å². The number of hydrogen-bond donors (Lipinski definition) is 3. The van der Waals surface area contributed by atoms with Gasteiger partial charge < -0.3 is 15.5 Å². The van der Waals surface area contributed by atoms with Crippen LogP contribution >= 0.6 is 0 Å². The van der Waals surface area contributed by atoms with Gasteiger partial charge in [-0.3, -0.25) is 9.58 Å². The lowest BCUT2D eigenvalue weighted by molar-refractivity contribution is 0.0190. The van der Waals surface area contributed by atoms with E-state index < -0.39 is 18.2 Å². The van der Waals surface area contributed by atoms with Crippen LogP contribution in [-0.4, -0.2) is 50.2 Å². The largest absolute Gasteiger partial charge is 0.391 e. The molecule has 2 heterocycles. The molecule has 2 fully saturated rings. The van der Waals surface area contributed by atoms with Gasteiger partial charge in [-0.1, -0.05) is 25.0 Å². The highest BCUT2D eigenvalue weighted by Gasteiger charge is 2.28. The van der Waals surface area contributed by atoms with Gasteiger partial charge in [-0.25, -0.2) is 0 Å². The number of aromatic nitrogens is 2. The molecule has 1 saturated heterocycles. The van der Waals surface area contributed by atoms with Crippen molar-refractivity contribution in [3.8, 4) is 0 Å². The Labute approximate surface area is 173 Å². The SMILES string of the molecule is C[C@H](O)[C@@H](O)[C@H](Nc1ccc(CN2CCCC2)cc1)c1cnn(C2CCCC2)c1. The van der Waals surface area contributed by atoms with Gasteiger partial charge in [0.1, 0.15) is 6.10 Å². The number of benzene rings is 1. The molecule has 0 radical (unpaired) electrons. The van der Waals surface area contributed by atoms with Crippen LogP contribution in [0.3, 0.4) is 0 Å². The number of aliphatic hydroxyl groups excluding tert-OH is 2. The Bertz CT molecular complexity index is 761. The number of likely N-dealkylation sites (tertiary alicyclic amines) is 1. The third-order valence-corrected chi connectivity index (χ3v) is 6.40. The van der Waals surface area contributed by atoms with Crippen LogP contribution in [0, 0.1) is 0 Å². The van der Waals surface area contributed by atoms with Gasteiger partial charge in [0.2, 0.25) is 0 Å². The van der Waals surface area contributed by atoms with Crippen molar-refractivity contribution in [1.82, 2.24) is 14.7 Å². The van der Waals surface area contributed by atoms with Crippen molar-refractivity contribution in [3.05, 3.63) is 47.8 Å². The van der Waals surface area contributed by atoms with Crippen molar-refractivity contribution in [3.63, 3.8) is 0 Å². The van der Waals surface area contributed by atoms with Crippen molar-refractivity contribution >= 4 is 5.69 Å². The Morgan fingerprint density at radius 2 is 1.76 bits per heavy atom. The van der Waals surface area contributed by atoms with E-state index in [2.05, 4.69) is 39.6 Å². The first kappa shape index (κ1) is 20.4. The maximum absolute atomic E-state index is 10.7. The first-order valence-electron chi connectivity index (χ1n) is 11.1. The number of nitrogens with zero attached hydrogens (tertiary/aromatic N) is 3. The van der Waals surface area contributed by atoms with Gasteiger partial charge in [0.25, 0.3) is 0 Å². The van der Waals surface area contributed by atoms with Crippen LogP contribution in [0.4, 0.5) is 5.69 Å². The Morgan fingerprint density at radius 3 is 2.41 bits per heavy atom. The molecule has 2 aliphatic rings. The van der Waals surface area contributed by atoms with Gasteiger partial charge >= 0.3 is 0 Å². The summed E-state index contributed by atoms with van der Waals surface area (Å²) in [6.07, 6.45) is 9.53. The van der Waals surface area contributed by atoms with Crippen LogP contribution in [0.1, 0.15) is 68.7 Å². The lowest BCUT2D eigenvalue weighted by Gasteiger charge is -2.26. The smallest absolute Gasteiger partial charge is 0.104 e. The summed E-state index contributed by atoms with van der Waals surface area (Å²) in [6.45, 7) is 5.00. The Kier molecular flexibility index (Phi) is 6.53. The molecule has 1 aromatic heterocycles. The number of aliphatic hydroxyl groups is 2. The molecule has 1 aliphatic heterocycles. The number of anilines is 1. The van der Waals surface area contributed by atoms with Crippen LogP contribution in [0.25, 0.3) is 0 Å². The lowest BCUT2D eigenvalue weighted by atomic mass is 10.0. The molecule has 29 heavy (non-hydrogen) atoms. The van der Waals surface area contributed by atoms with E-state index in [1.165, 1.54) is 44.3 Å². The van der Waals surface area contributed by atoms with E-state index in [0.717, 1.165) is 30.6 Å². The summed E-state index contributed by atoms with van der Waals surface area (Å²) in [5.41, 5.74) is 3.15. The van der Waals surface area contributed by atoms with Crippen LogP contribution in [0.5, 0.6) is 0 Å². The zero-order valence-corrected chi connectivity index (χ0v) is 17.4. The summed E-state index contributed by atoms with van der Waals surface area (Å²) < 4.78 is 2.03. The van der Waals surface area contributed by atoms with Gasteiger partial charge in [0.05, 0.1) is 24.4 Å². The van der Waals surface area contributed by atoms with Crippen molar-refractivity contribution < 1.29 is 10.2 Å². The van der Waals surface area contributed by atoms with Crippen LogP contribution in [0.15, 0.2) is 36.7 Å². The van der Waals surface area contributed by atoms with E-state index in [-0.39, 0.29) is 0 Å². The molecule has 2 aromatic rings. The van der Waals surface area contributed by atoms with Crippen molar-refractivity contribution in [2.24, 2.45) is 0 Å². The first-order chi connectivity index (χ1) is 14.1. The summed E-state index contributed by atoms with van der Waals surface area (Å²) in [5.74, 6) is 0. The van der Waals surface area contributed by atoms with Gasteiger partial charge in [-0.15, -0.1) is 0 Å². The Balaban J connectivity index is 1.47. The summed E-state index contributed by atoms with van der Waals surface area (Å²) in [5, 5.41) is 28.7. The highest BCUT2D eigenvalue weighted by Crippen LogP contribution is 2.31. The minimum atomic E-state index is -0.916. The maximum Gasteiger partial charge on any atom is 0.104 e. The highest BCUT2D eigenvalue weighted by atomic mass is 16.3. The summed E-state index contributed by atoms with van der Waals surface area (Å²) in [7, 11) is 0. The first-order valence-corrected chi connectivity index (χ1v) is 11.1. The number of nitrogens with one attached hydrogen (secondary N) is 1. The number of rotatable bonds is 8. The van der Waals surface area contributed by atoms with Crippen LogP contribution in [0.2, 0.25) is 0 Å². The summed E-state index contributed by atoms with van der Waals surface area (Å²) >= 11 is 0. The molecule has 1 aromatic carbocycles. The molecule has 0 unspecified atom stereocenters. The average molecular weight is 399 g/mol. The molecular formula is C23H34N4O2. The molecule has 4 rings (SSSR count). The predicted octanol–water partition coefficient (Wildman–Crippen LogP) is 3.49. The van der Waals surface area contributed by atoms with E-state index in [0.29, 0.717) is 6.04 Å². The van der Waals surface area contributed by atoms with E-state index in [1.807, 2.05) is 17.1 Å². The molecule has 0 amide bonds. The fraction of sp³-hybridized carbons (Fsp3) is 0.609. The molecule has 1 saturated carbocycles. The molecule has 158 valence electrons. The lowest BCUT2D eigenvalue weighted by Crippen LogP contribution is -2.34. The fourth-order valence-electron chi connectivity index (χ4n) is 4.61. The van der Waals surface area contributed by atoms with Gasteiger partial charge in [-0.2, -0.15) is 5.10 Å². The zero-order chi connectivity index (χ0) is 20.2. The van der Waals surface area contributed by atoms with Crippen molar-refractivity contribution in [2.45, 2.75) is 76.3 Å². The molecule has 1 aliphatic carbocycles. The second-order valence-electron chi connectivity index (χ2n) is 8.73. The second kappa shape index (κ2) is 9.28. The minimum absolute atomic E-state index is 0.408. The standard InChI is InChI=1S/C23H34N4O2/c1-17(28)23(29)22(19-14-24-27(16-19)21-6-2-3-7-21)25-20-10-8-18(9-11-20)15-26-12-4-5-13-26/h8-11,14,16-17,21-23,25,28-29H,2-7,12-13,15H2,1H3/t17-,22+,23+/m0/s1. The molecule has 0 spiro atoms. The average Bonchev–Trinajstić information content (AvgIpc) is 3.48. The number of hydrogen-bond acceptors (Lipinski definition) is 5. The van der Waals surface area contributed by atoms with E-state index in [4.69, 9.17) is 0 Å². The zero-order valence-electron chi connectivity index (χ0n) is 17.4. The van der Waals surface area contributed by atoms with Crippen LogP contribution in [-0.2, 0) is 6.54 Å². The molecule has 3 N–H and O–H groups in total. The van der Waals surface area contributed by atoms with E-state index in [9.17, 15) is 10.2 Å². The molecule has 6 nitrogen and oxygen atoms in total. The third-order valence-electron chi connectivity index (χ3n) is 6.40. The monoisotopic (exact) mass is 398 g/mol. The van der Waals surface area contributed by atoms with Gasteiger partial charge in [0, 0.05) is 24.0 Å². The minimum Gasteiger partial charge on any atom is -0.391 e. The van der Waals surface area contributed by atoms with Gasteiger partial charge in [-0.05, 0) is 63.4 Å². The van der Waals surface area contributed by atoms with E-state index >= 15 is 0 Å². The van der Waals surface area contributed by atoms with Crippen molar-refractivity contribution in [1.29, 1.82) is 0 Å². The maximum atomic E-state index is 10.7. The molecule has 6 heteroatoms. The third kappa shape index (κ3) is 5.00. The molecular weight excluding hydrogens is 364 g/mol. The Morgan fingerprint density at radius 1 is 1.07 bits per heavy atom. The van der Waals surface area contributed by atoms with Crippen molar-refractivity contribution in [2.75, 3.05) is 18.4 Å². The molecule has 3 atom stereocenters. The predicted molar refractivity (Wildman–Crippen MR) is 115 cm³/mol. The van der Waals surface area contributed by atoms with Gasteiger partial charge in [0.15, 0.2) is 0 Å². The highest BCUT2D eigenvalue weighted by molar-refractivity contribution is 5.47. The second-order valence-corrected chi connectivity index (χ2v) is 8.73. The molecule has 0 bridgehead atoms. The Hall–Kier alpha value is -1.89. The summed E-state index contributed by atoms with van der Waals surface area (Å²) in [4.78, 5) is 2.49. The van der Waals surface area contributed by atoms with E-state index in [1.54, 1.807) is 6.92 Å². The fourth-order valence-corrected chi connectivity index (χ4v) is 4.61. The topological polar surface area (TPSA) is 73.6 Å².